The van der Waals surface area contributed by atoms with Crippen molar-refractivity contribution in [3.63, 3.8) is 0 Å². The predicted molar refractivity (Wildman–Crippen MR) is 29.5 cm³/mol. The number of ether oxygens (including phenoxy) is 1. The highest BCUT2D eigenvalue weighted by Crippen LogP contribution is 2.22. The summed E-state index contributed by atoms with van der Waals surface area (Å²) in [6.07, 6.45) is -0.815. The van der Waals surface area contributed by atoms with Gasteiger partial charge in [0, 0.05) is 0 Å². The van der Waals surface area contributed by atoms with Gasteiger partial charge in [-0.25, -0.2) is 4.39 Å². The van der Waals surface area contributed by atoms with Gasteiger partial charge in [0.2, 0.25) is 0 Å². The van der Waals surface area contributed by atoms with Crippen molar-refractivity contribution in [3.8, 4) is 0 Å². The molecule has 2 heteroatoms. The molecule has 0 spiro atoms. The first-order chi connectivity index (χ1) is 3.72. The molecule has 0 aromatic carbocycles. The number of halogens is 1. The van der Waals surface area contributed by atoms with Crippen molar-refractivity contribution in [2.75, 3.05) is 6.61 Å². The van der Waals surface area contributed by atoms with Crippen LogP contribution in [0.1, 0.15) is 13.8 Å². The highest BCUT2D eigenvalue weighted by atomic mass is 19.1. The Morgan fingerprint density at radius 2 is 2.12 bits per heavy atom. The van der Waals surface area contributed by atoms with Gasteiger partial charge in [0.1, 0.15) is 12.3 Å². The number of hydrogen-bond acceptors (Lipinski definition) is 1. The zero-order valence-corrected chi connectivity index (χ0v) is 5.23. The van der Waals surface area contributed by atoms with Gasteiger partial charge in [0.05, 0.1) is 6.61 Å². The first-order valence-electron chi connectivity index (χ1n) is 2.97. The maximum atomic E-state index is 12.6. The third-order valence-corrected chi connectivity index (χ3v) is 1.35. The molecule has 0 radical (unpaired) electrons. The van der Waals surface area contributed by atoms with Crippen LogP contribution in [-0.4, -0.2) is 18.9 Å². The van der Waals surface area contributed by atoms with Crippen LogP contribution in [0.5, 0.6) is 0 Å². The zero-order valence-electron chi connectivity index (χ0n) is 5.23. The molecule has 1 fully saturated rings. The second-order valence-electron chi connectivity index (χ2n) is 2.56. The Bertz CT molecular complexity index is 76.6. The number of hydrogen-bond donors (Lipinski definition) is 0. The van der Waals surface area contributed by atoms with Crippen molar-refractivity contribution in [2.24, 2.45) is 5.92 Å². The van der Waals surface area contributed by atoms with Crippen molar-refractivity contribution in [3.05, 3.63) is 0 Å². The van der Waals surface area contributed by atoms with Gasteiger partial charge < -0.3 is 4.74 Å². The lowest BCUT2D eigenvalue weighted by Crippen LogP contribution is -2.15. The molecule has 0 aliphatic carbocycles. The van der Waals surface area contributed by atoms with E-state index in [9.17, 15) is 4.39 Å². The van der Waals surface area contributed by atoms with Crippen molar-refractivity contribution >= 4 is 0 Å². The smallest absolute Gasteiger partial charge is 0.131 e. The summed E-state index contributed by atoms with van der Waals surface area (Å²) in [4.78, 5) is 0. The average Bonchev–Trinajstić information content (AvgIpc) is 2.43. The third kappa shape index (κ3) is 1.19. The molecule has 1 saturated heterocycles. The van der Waals surface area contributed by atoms with Crippen molar-refractivity contribution in [2.45, 2.75) is 26.1 Å². The van der Waals surface area contributed by atoms with Crippen LogP contribution < -0.4 is 0 Å². The topological polar surface area (TPSA) is 12.5 Å². The molecule has 0 aromatic rings. The summed E-state index contributed by atoms with van der Waals surface area (Å²) in [5.41, 5.74) is 0. The first-order valence-corrected chi connectivity index (χ1v) is 2.97. The average molecular weight is 118 g/mol. The maximum absolute atomic E-state index is 12.6. The fourth-order valence-corrected chi connectivity index (χ4v) is 0.669. The minimum absolute atomic E-state index is 0.0741. The number of epoxide rings is 1. The lowest BCUT2D eigenvalue weighted by Gasteiger charge is -2.06. The van der Waals surface area contributed by atoms with Crippen LogP contribution in [0.4, 0.5) is 4.39 Å². The van der Waals surface area contributed by atoms with E-state index in [0.29, 0.717) is 6.61 Å². The fraction of sp³-hybridized carbons (Fsp3) is 1.00. The molecule has 0 aromatic heterocycles. The van der Waals surface area contributed by atoms with E-state index in [1.54, 1.807) is 0 Å². The van der Waals surface area contributed by atoms with Gasteiger partial charge in [-0.05, 0) is 5.92 Å². The van der Waals surface area contributed by atoms with Gasteiger partial charge in [0.25, 0.3) is 0 Å². The maximum Gasteiger partial charge on any atom is 0.131 e. The standard InChI is InChI=1S/C6H11FO/c1-4(2)6(7)5-3-8-5/h4-6H,3H2,1-2H3. The quantitative estimate of drug-likeness (QED) is 0.499. The Balaban J connectivity index is 2.22. The van der Waals surface area contributed by atoms with Crippen LogP contribution in [-0.2, 0) is 4.74 Å². The molecular weight excluding hydrogens is 107 g/mol. The van der Waals surface area contributed by atoms with E-state index < -0.39 is 6.17 Å². The lowest BCUT2D eigenvalue weighted by molar-refractivity contribution is 0.195. The molecule has 0 N–H and O–H groups in total. The zero-order chi connectivity index (χ0) is 6.15. The highest BCUT2D eigenvalue weighted by molar-refractivity contribution is 4.80. The van der Waals surface area contributed by atoms with Crippen molar-refractivity contribution in [1.82, 2.24) is 0 Å². The van der Waals surface area contributed by atoms with Crippen LogP contribution in [0.25, 0.3) is 0 Å². The van der Waals surface area contributed by atoms with E-state index in [-0.39, 0.29) is 12.0 Å². The lowest BCUT2D eigenvalue weighted by atomic mass is 10.1. The molecule has 1 nitrogen and oxygen atoms in total. The molecule has 8 heavy (non-hydrogen) atoms. The molecule has 48 valence electrons. The third-order valence-electron chi connectivity index (χ3n) is 1.35. The second kappa shape index (κ2) is 2.02. The summed E-state index contributed by atoms with van der Waals surface area (Å²) < 4.78 is 17.3. The molecule has 0 amide bonds. The molecule has 0 saturated carbocycles. The molecule has 1 rings (SSSR count). The van der Waals surface area contributed by atoms with E-state index in [1.165, 1.54) is 0 Å². The Hall–Kier alpha value is -0.110. The summed E-state index contributed by atoms with van der Waals surface area (Å²) in [6, 6.07) is 0. The van der Waals surface area contributed by atoms with Gasteiger partial charge in [-0.1, -0.05) is 13.8 Å². The normalized spacial score (nSPS) is 30.8. The number of rotatable bonds is 2. The van der Waals surface area contributed by atoms with Crippen LogP contribution in [0, 0.1) is 5.92 Å². The van der Waals surface area contributed by atoms with E-state index in [0.717, 1.165) is 0 Å². The minimum atomic E-state index is -0.741. The summed E-state index contributed by atoms with van der Waals surface area (Å²) in [7, 11) is 0. The SMILES string of the molecule is CC(C)C(F)C1CO1. The molecule has 2 atom stereocenters. The highest BCUT2D eigenvalue weighted by Gasteiger charge is 2.34. The fourth-order valence-electron chi connectivity index (χ4n) is 0.669. The van der Waals surface area contributed by atoms with Crippen LogP contribution in [0.3, 0.4) is 0 Å². The van der Waals surface area contributed by atoms with Gasteiger partial charge >= 0.3 is 0 Å². The molecule has 1 aliphatic rings. The van der Waals surface area contributed by atoms with Crippen molar-refractivity contribution in [1.29, 1.82) is 0 Å². The molecule has 2 unspecified atom stereocenters. The monoisotopic (exact) mass is 118 g/mol. The van der Waals surface area contributed by atoms with E-state index in [2.05, 4.69) is 0 Å². The van der Waals surface area contributed by atoms with E-state index in [4.69, 9.17) is 4.74 Å². The van der Waals surface area contributed by atoms with Crippen LogP contribution in [0.15, 0.2) is 0 Å². The molecule has 0 bridgehead atoms. The first kappa shape index (κ1) is 6.02. The summed E-state index contributed by atoms with van der Waals surface area (Å²) >= 11 is 0. The minimum Gasteiger partial charge on any atom is -0.370 e. The van der Waals surface area contributed by atoms with Gasteiger partial charge in [0.15, 0.2) is 0 Å². The van der Waals surface area contributed by atoms with E-state index >= 15 is 0 Å². The Labute approximate surface area is 48.8 Å². The molecular formula is C6H11FO. The van der Waals surface area contributed by atoms with Gasteiger partial charge in [-0.2, -0.15) is 0 Å². The summed E-state index contributed by atoms with van der Waals surface area (Å²) in [6.45, 7) is 4.36. The Kier molecular flexibility index (Phi) is 1.52. The van der Waals surface area contributed by atoms with E-state index in [1.807, 2.05) is 13.8 Å². The van der Waals surface area contributed by atoms with Crippen LogP contribution in [0.2, 0.25) is 0 Å². The summed E-state index contributed by atoms with van der Waals surface area (Å²) in [5.74, 6) is 0.113. The number of alkyl halides is 1. The van der Waals surface area contributed by atoms with Gasteiger partial charge in [-0.3, -0.25) is 0 Å². The van der Waals surface area contributed by atoms with Crippen molar-refractivity contribution < 1.29 is 9.13 Å². The van der Waals surface area contributed by atoms with Gasteiger partial charge in [-0.15, -0.1) is 0 Å². The summed E-state index contributed by atoms with van der Waals surface area (Å²) in [5, 5.41) is 0. The predicted octanol–water partition coefficient (Wildman–Crippen LogP) is 1.38. The Morgan fingerprint density at radius 1 is 1.62 bits per heavy atom. The molecule has 1 heterocycles. The Morgan fingerprint density at radius 3 is 2.25 bits per heavy atom. The largest absolute Gasteiger partial charge is 0.370 e. The van der Waals surface area contributed by atoms with Crippen LogP contribution >= 0.6 is 0 Å². The molecule has 1 aliphatic heterocycles. The second-order valence-corrected chi connectivity index (χ2v) is 2.56.